The summed E-state index contributed by atoms with van der Waals surface area (Å²) in [6, 6.07) is 0. The third-order valence-corrected chi connectivity index (χ3v) is 5.92. The summed E-state index contributed by atoms with van der Waals surface area (Å²) in [7, 11) is 0. The molecule has 0 aromatic heterocycles. The van der Waals surface area contributed by atoms with Crippen molar-refractivity contribution in [3.8, 4) is 0 Å². The Kier molecular flexibility index (Phi) is 4.40. The molecule has 25 heavy (non-hydrogen) atoms. The number of hydrogen-bond acceptors (Lipinski definition) is 5. The zero-order valence-corrected chi connectivity index (χ0v) is 15.4. The van der Waals surface area contributed by atoms with Gasteiger partial charge < -0.3 is 14.6 Å². The van der Waals surface area contributed by atoms with Gasteiger partial charge >= 0.3 is 11.9 Å². The molecule has 0 spiro atoms. The van der Waals surface area contributed by atoms with Crippen molar-refractivity contribution in [1.29, 1.82) is 0 Å². The third kappa shape index (κ3) is 2.84. The standard InChI is InChI=1S/C20H26O5/c1-6-10(2)18(21)24-14-9-11(3)13-7-8-20(5,23)16(13)17-15(14)12(4)19(22)25-17/h6-8,12,14-17,23H,9H2,1-5H3/b10-6+/t12-,14-,15?,16-,17-,20-/m0/s1. The van der Waals surface area contributed by atoms with Crippen molar-refractivity contribution in [2.45, 2.75) is 58.8 Å². The summed E-state index contributed by atoms with van der Waals surface area (Å²) < 4.78 is 11.5. The second-order valence-electron chi connectivity index (χ2n) is 7.66. The van der Waals surface area contributed by atoms with Crippen LogP contribution in [0.2, 0.25) is 0 Å². The van der Waals surface area contributed by atoms with Crippen molar-refractivity contribution in [1.82, 2.24) is 0 Å². The van der Waals surface area contributed by atoms with E-state index >= 15 is 0 Å². The van der Waals surface area contributed by atoms with Crippen LogP contribution in [-0.4, -0.2) is 34.9 Å². The lowest BCUT2D eigenvalue weighted by molar-refractivity contribution is -0.150. The third-order valence-electron chi connectivity index (χ3n) is 5.92. The lowest BCUT2D eigenvalue weighted by atomic mass is 9.76. The summed E-state index contributed by atoms with van der Waals surface area (Å²) in [5.41, 5.74) is 1.51. The van der Waals surface area contributed by atoms with E-state index in [0.29, 0.717) is 12.0 Å². The molecule has 0 amide bonds. The number of carbonyl (C=O) groups excluding carboxylic acids is 2. The highest BCUT2D eigenvalue weighted by Gasteiger charge is 2.57. The molecule has 1 aliphatic heterocycles. The van der Waals surface area contributed by atoms with E-state index in [1.165, 1.54) is 0 Å². The summed E-state index contributed by atoms with van der Waals surface area (Å²) >= 11 is 0. The molecule has 0 saturated carbocycles. The molecule has 1 unspecified atom stereocenters. The van der Waals surface area contributed by atoms with Crippen LogP contribution in [0.15, 0.2) is 34.9 Å². The first-order chi connectivity index (χ1) is 11.7. The number of hydrogen-bond donors (Lipinski definition) is 1. The zero-order valence-electron chi connectivity index (χ0n) is 15.4. The van der Waals surface area contributed by atoms with Gasteiger partial charge in [0.1, 0.15) is 12.2 Å². The second kappa shape index (κ2) is 6.13. The van der Waals surface area contributed by atoms with Crippen LogP contribution < -0.4 is 0 Å². The normalized spacial score (nSPS) is 40.5. The number of esters is 2. The first-order valence-electron chi connectivity index (χ1n) is 8.83. The molecule has 0 aromatic carbocycles. The molecule has 1 fully saturated rings. The smallest absolute Gasteiger partial charge is 0.333 e. The minimum absolute atomic E-state index is 0.273. The van der Waals surface area contributed by atoms with Crippen LogP contribution in [0.4, 0.5) is 0 Å². The average Bonchev–Trinajstić information content (AvgIpc) is 2.97. The van der Waals surface area contributed by atoms with Gasteiger partial charge in [0, 0.05) is 17.9 Å². The fourth-order valence-electron chi connectivity index (χ4n) is 4.31. The van der Waals surface area contributed by atoms with Gasteiger partial charge in [-0.3, -0.25) is 4.79 Å². The SMILES string of the molecule is C/C=C(\C)C(=O)O[C@H]1CC(C)=C2C=C[C@](C)(O)[C@@H]2[C@H]2OC(=O)[C@@H](C)C12. The topological polar surface area (TPSA) is 72.8 Å². The van der Waals surface area contributed by atoms with Gasteiger partial charge in [-0.1, -0.05) is 30.7 Å². The molecule has 1 N–H and O–H groups in total. The molecule has 0 radical (unpaired) electrons. The van der Waals surface area contributed by atoms with Crippen molar-refractivity contribution in [3.05, 3.63) is 34.9 Å². The fraction of sp³-hybridized carbons (Fsp3) is 0.600. The highest BCUT2D eigenvalue weighted by atomic mass is 16.6. The number of allylic oxidation sites excluding steroid dienone is 2. The van der Waals surface area contributed by atoms with Gasteiger partial charge in [0.05, 0.1) is 17.4 Å². The quantitative estimate of drug-likeness (QED) is 0.615. The lowest BCUT2D eigenvalue weighted by Crippen LogP contribution is -2.44. The summed E-state index contributed by atoms with van der Waals surface area (Å²) in [5.74, 6) is -1.63. The number of carbonyl (C=O) groups is 2. The Morgan fingerprint density at radius 3 is 2.80 bits per heavy atom. The summed E-state index contributed by atoms with van der Waals surface area (Å²) in [5, 5.41) is 10.8. The zero-order chi connectivity index (χ0) is 18.5. The molecular formula is C20H26O5. The van der Waals surface area contributed by atoms with Crippen molar-refractivity contribution < 1.29 is 24.2 Å². The van der Waals surface area contributed by atoms with Crippen molar-refractivity contribution >= 4 is 11.9 Å². The van der Waals surface area contributed by atoms with Gasteiger partial charge in [-0.25, -0.2) is 4.79 Å². The maximum Gasteiger partial charge on any atom is 0.333 e. The molecule has 5 heteroatoms. The minimum atomic E-state index is -1.08. The van der Waals surface area contributed by atoms with E-state index < -0.39 is 17.8 Å². The Labute approximate surface area is 148 Å². The highest BCUT2D eigenvalue weighted by Crippen LogP contribution is 2.50. The first-order valence-corrected chi connectivity index (χ1v) is 8.83. The first kappa shape index (κ1) is 17.9. The van der Waals surface area contributed by atoms with Crippen LogP contribution in [0.1, 0.15) is 41.0 Å². The molecule has 3 rings (SSSR count). The number of fused-ring (bicyclic) bond motifs is 3. The lowest BCUT2D eigenvalue weighted by Gasteiger charge is -2.34. The maximum absolute atomic E-state index is 12.3. The van der Waals surface area contributed by atoms with Gasteiger partial charge in [0.25, 0.3) is 0 Å². The van der Waals surface area contributed by atoms with Gasteiger partial charge in [-0.2, -0.15) is 0 Å². The van der Waals surface area contributed by atoms with E-state index in [2.05, 4.69) is 0 Å². The molecule has 136 valence electrons. The van der Waals surface area contributed by atoms with Crippen LogP contribution >= 0.6 is 0 Å². The molecule has 1 saturated heterocycles. The summed E-state index contributed by atoms with van der Waals surface area (Å²) in [6.45, 7) is 9.04. The average molecular weight is 346 g/mol. The number of aliphatic hydroxyl groups is 1. The predicted octanol–water partition coefficient (Wildman–Crippen LogP) is 2.70. The molecule has 1 heterocycles. The Bertz CT molecular complexity index is 697. The number of ether oxygens (including phenoxy) is 2. The van der Waals surface area contributed by atoms with E-state index in [0.717, 1.165) is 11.1 Å². The largest absolute Gasteiger partial charge is 0.461 e. The Morgan fingerprint density at radius 2 is 2.16 bits per heavy atom. The van der Waals surface area contributed by atoms with Crippen LogP contribution in [0.3, 0.4) is 0 Å². The molecule has 3 aliphatic rings. The minimum Gasteiger partial charge on any atom is -0.461 e. The molecule has 0 bridgehead atoms. The Balaban J connectivity index is 2.01. The highest BCUT2D eigenvalue weighted by molar-refractivity contribution is 5.87. The number of rotatable bonds is 2. The Hall–Kier alpha value is -1.88. The van der Waals surface area contributed by atoms with E-state index in [1.807, 2.05) is 19.9 Å². The predicted molar refractivity (Wildman–Crippen MR) is 92.4 cm³/mol. The van der Waals surface area contributed by atoms with Crippen molar-refractivity contribution in [3.63, 3.8) is 0 Å². The maximum atomic E-state index is 12.3. The van der Waals surface area contributed by atoms with Gasteiger partial charge in [-0.05, 0) is 33.3 Å². The van der Waals surface area contributed by atoms with Gasteiger partial charge in [0.15, 0.2) is 0 Å². The second-order valence-corrected chi connectivity index (χ2v) is 7.66. The molecule has 5 nitrogen and oxygen atoms in total. The summed E-state index contributed by atoms with van der Waals surface area (Å²) in [6.07, 6.45) is 4.98. The van der Waals surface area contributed by atoms with Gasteiger partial charge in [-0.15, -0.1) is 0 Å². The van der Waals surface area contributed by atoms with E-state index in [1.54, 1.807) is 32.9 Å². The van der Waals surface area contributed by atoms with Gasteiger partial charge in [0.2, 0.25) is 0 Å². The molecule has 2 aliphatic carbocycles. The van der Waals surface area contributed by atoms with Crippen LogP contribution in [0.5, 0.6) is 0 Å². The van der Waals surface area contributed by atoms with Crippen LogP contribution in [-0.2, 0) is 19.1 Å². The summed E-state index contributed by atoms with van der Waals surface area (Å²) in [4.78, 5) is 24.6. The van der Waals surface area contributed by atoms with Crippen molar-refractivity contribution in [2.24, 2.45) is 17.8 Å². The molecular weight excluding hydrogens is 320 g/mol. The van der Waals surface area contributed by atoms with Crippen molar-refractivity contribution in [2.75, 3.05) is 0 Å². The van der Waals surface area contributed by atoms with Crippen LogP contribution in [0, 0.1) is 17.8 Å². The van der Waals surface area contributed by atoms with E-state index in [4.69, 9.17) is 9.47 Å². The Morgan fingerprint density at radius 1 is 1.48 bits per heavy atom. The van der Waals surface area contributed by atoms with E-state index in [-0.39, 0.29) is 29.7 Å². The molecule has 0 aromatic rings. The van der Waals surface area contributed by atoms with Crippen LogP contribution in [0.25, 0.3) is 0 Å². The molecule has 6 atom stereocenters. The monoisotopic (exact) mass is 346 g/mol. The van der Waals surface area contributed by atoms with E-state index in [9.17, 15) is 14.7 Å². The fourth-order valence-corrected chi connectivity index (χ4v) is 4.31.